The highest BCUT2D eigenvalue weighted by molar-refractivity contribution is 7.89. The van der Waals surface area contributed by atoms with E-state index in [-0.39, 0.29) is 48.7 Å². The molecule has 2 aromatic carbocycles. The van der Waals surface area contributed by atoms with Crippen LogP contribution in [-0.2, 0) is 21.4 Å². The molecule has 2 heterocycles. The van der Waals surface area contributed by atoms with Gasteiger partial charge in [-0.3, -0.25) is 9.69 Å². The van der Waals surface area contributed by atoms with Gasteiger partial charge < -0.3 is 4.90 Å². The highest BCUT2D eigenvalue weighted by atomic mass is 32.2. The smallest absolute Gasteiger partial charge is 0.246 e. The fourth-order valence-corrected chi connectivity index (χ4v) is 5.98. The van der Waals surface area contributed by atoms with Crippen LogP contribution in [0.15, 0.2) is 53.4 Å². The zero-order chi connectivity index (χ0) is 22.7. The first-order chi connectivity index (χ1) is 15.3. The zero-order valence-corrected chi connectivity index (χ0v) is 18.6. The molecule has 9 heteroatoms. The Hall–Kier alpha value is -2.36. The number of amides is 1. The van der Waals surface area contributed by atoms with Crippen LogP contribution < -0.4 is 0 Å². The first kappa shape index (κ1) is 22.8. The number of nitrogens with zero attached hydrogens (tertiary/aromatic N) is 3. The molecule has 32 heavy (non-hydrogen) atoms. The molecule has 1 amide bonds. The Labute approximate surface area is 187 Å². The molecule has 172 valence electrons. The number of piperazine rings is 1. The average molecular weight is 464 g/mol. The van der Waals surface area contributed by atoms with E-state index >= 15 is 0 Å². The molecule has 0 radical (unpaired) electrons. The fourth-order valence-electron chi connectivity index (χ4n) is 4.49. The maximum atomic E-state index is 14.0. The number of hydrogen-bond donors (Lipinski definition) is 0. The minimum atomic E-state index is -3.93. The van der Waals surface area contributed by atoms with E-state index < -0.39 is 15.8 Å². The van der Waals surface area contributed by atoms with Crippen LogP contribution in [0.2, 0.25) is 0 Å². The van der Waals surface area contributed by atoms with Gasteiger partial charge in [-0.15, -0.1) is 0 Å². The number of benzene rings is 2. The summed E-state index contributed by atoms with van der Waals surface area (Å²) in [6, 6.07) is 11.8. The summed E-state index contributed by atoms with van der Waals surface area (Å²) in [7, 11) is -3.93. The van der Waals surface area contributed by atoms with Crippen LogP contribution in [0.25, 0.3) is 0 Å². The summed E-state index contributed by atoms with van der Waals surface area (Å²) in [4.78, 5) is 16.6. The van der Waals surface area contributed by atoms with Crippen molar-refractivity contribution in [3.05, 3.63) is 65.7 Å². The second kappa shape index (κ2) is 9.64. The summed E-state index contributed by atoms with van der Waals surface area (Å²) >= 11 is 0. The average Bonchev–Trinajstić information content (AvgIpc) is 2.79. The second-order valence-electron chi connectivity index (χ2n) is 8.36. The molecule has 2 fully saturated rings. The number of rotatable bonds is 5. The molecule has 2 saturated heterocycles. The molecule has 0 aliphatic carbocycles. The quantitative estimate of drug-likeness (QED) is 0.684. The standard InChI is InChI=1S/C23H27F2N3O3S/c24-20-7-3-5-18(15-20)16-26-10-4-6-19(17-26)23(29)27-11-13-28(14-12-27)32(30,31)22-9-2-1-8-21(22)25/h1-3,5,7-9,15,19H,4,6,10-14,16-17H2. The van der Waals surface area contributed by atoms with Crippen LogP contribution in [0.3, 0.4) is 0 Å². The molecule has 0 aromatic heterocycles. The number of halogens is 2. The molecule has 2 aromatic rings. The van der Waals surface area contributed by atoms with Gasteiger partial charge in [0.2, 0.25) is 15.9 Å². The lowest BCUT2D eigenvalue weighted by atomic mass is 9.95. The summed E-state index contributed by atoms with van der Waals surface area (Å²) in [5, 5.41) is 0. The first-order valence-electron chi connectivity index (χ1n) is 10.8. The van der Waals surface area contributed by atoms with Gasteiger partial charge in [-0.05, 0) is 49.2 Å². The van der Waals surface area contributed by atoms with E-state index in [1.807, 2.05) is 6.07 Å². The predicted molar refractivity (Wildman–Crippen MR) is 116 cm³/mol. The minimum Gasteiger partial charge on any atom is -0.340 e. The topological polar surface area (TPSA) is 60.9 Å². The molecule has 0 saturated carbocycles. The Kier molecular flexibility index (Phi) is 6.88. The Morgan fingerprint density at radius 1 is 0.969 bits per heavy atom. The van der Waals surface area contributed by atoms with Crippen molar-refractivity contribution < 1.29 is 22.0 Å². The largest absolute Gasteiger partial charge is 0.340 e. The van der Waals surface area contributed by atoms with E-state index in [9.17, 15) is 22.0 Å². The van der Waals surface area contributed by atoms with Crippen LogP contribution >= 0.6 is 0 Å². The van der Waals surface area contributed by atoms with Gasteiger partial charge in [-0.25, -0.2) is 17.2 Å². The third-order valence-corrected chi connectivity index (χ3v) is 8.09. The molecule has 0 N–H and O–H groups in total. The number of likely N-dealkylation sites (tertiary alicyclic amines) is 1. The molecule has 4 rings (SSSR count). The molecule has 0 spiro atoms. The van der Waals surface area contributed by atoms with E-state index in [0.29, 0.717) is 13.1 Å². The van der Waals surface area contributed by atoms with Crippen molar-refractivity contribution >= 4 is 15.9 Å². The van der Waals surface area contributed by atoms with E-state index in [4.69, 9.17) is 0 Å². The highest BCUT2D eigenvalue weighted by Crippen LogP contribution is 2.24. The van der Waals surface area contributed by atoms with Gasteiger partial charge in [0.15, 0.2) is 0 Å². The molecule has 2 aliphatic rings. The lowest BCUT2D eigenvalue weighted by molar-refractivity contribution is -0.138. The Morgan fingerprint density at radius 2 is 1.72 bits per heavy atom. The Bertz CT molecular complexity index is 1070. The molecule has 2 aliphatic heterocycles. The number of carbonyl (C=O) groups excluding carboxylic acids is 1. The van der Waals surface area contributed by atoms with Gasteiger partial charge in [-0.2, -0.15) is 4.31 Å². The number of hydrogen-bond acceptors (Lipinski definition) is 4. The second-order valence-corrected chi connectivity index (χ2v) is 10.3. The molecule has 6 nitrogen and oxygen atoms in total. The number of carbonyl (C=O) groups is 1. The summed E-state index contributed by atoms with van der Waals surface area (Å²) in [5.41, 5.74) is 0.880. The fraction of sp³-hybridized carbons (Fsp3) is 0.435. The molecular formula is C23H27F2N3O3S. The molecule has 0 bridgehead atoms. The summed E-state index contributed by atoms with van der Waals surface area (Å²) < 4.78 is 54.3. The molecule has 1 atom stereocenters. The van der Waals surface area contributed by atoms with Crippen LogP contribution in [0.4, 0.5) is 8.78 Å². The summed E-state index contributed by atoms with van der Waals surface area (Å²) in [6.07, 6.45) is 1.67. The van der Waals surface area contributed by atoms with Crippen molar-refractivity contribution in [2.24, 2.45) is 5.92 Å². The van der Waals surface area contributed by atoms with Gasteiger partial charge in [0.1, 0.15) is 16.5 Å². The third-order valence-electron chi connectivity index (χ3n) is 6.15. The molecular weight excluding hydrogens is 436 g/mol. The molecule has 1 unspecified atom stereocenters. The van der Waals surface area contributed by atoms with Gasteiger partial charge in [0, 0.05) is 39.3 Å². The van der Waals surface area contributed by atoms with E-state index in [1.165, 1.54) is 34.6 Å². The highest BCUT2D eigenvalue weighted by Gasteiger charge is 2.35. The van der Waals surface area contributed by atoms with Crippen molar-refractivity contribution in [2.45, 2.75) is 24.3 Å². The van der Waals surface area contributed by atoms with Crippen molar-refractivity contribution in [3.63, 3.8) is 0 Å². The summed E-state index contributed by atoms with van der Waals surface area (Å²) in [5.74, 6) is -1.18. The number of sulfonamides is 1. The SMILES string of the molecule is O=C(C1CCCN(Cc2cccc(F)c2)C1)N1CCN(S(=O)(=O)c2ccccc2F)CC1. The van der Waals surface area contributed by atoms with Gasteiger partial charge >= 0.3 is 0 Å². The van der Waals surface area contributed by atoms with Crippen LogP contribution in [0.5, 0.6) is 0 Å². The third kappa shape index (κ3) is 5.00. The Morgan fingerprint density at radius 3 is 2.44 bits per heavy atom. The van der Waals surface area contributed by atoms with Crippen molar-refractivity contribution in [1.29, 1.82) is 0 Å². The monoisotopic (exact) mass is 463 g/mol. The van der Waals surface area contributed by atoms with Crippen LogP contribution in [0.1, 0.15) is 18.4 Å². The first-order valence-corrected chi connectivity index (χ1v) is 12.3. The normalized spacial score (nSPS) is 20.9. The van der Waals surface area contributed by atoms with Gasteiger partial charge in [-0.1, -0.05) is 24.3 Å². The van der Waals surface area contributed by atoms with E-state index in [2.05, 4.69) is 4.90 Å². The maximum absolute atomic E-state index is 14.0. The van der Waals surface area contributed by atoms with Crippen molar-refractivity contribution in [1.82, 2.24) is 14.1 Å². The zero-order valence-electron chi connectivity index (χ0n) is 17.8. The van der Waals surface area contributed by atoms with Crippen molar-refractivity contribution in [3.8, 4) is 0 Å². The van der Waals surface area contributed by atoms with Crippen molar-refractivity contribution in [2.75, 3.05) is 39.3 Å². The van der Waals surface area contributed by atoms with E-state index in [1.54, 1.807) is 11.0 Å². The minimum absolute atomic E-state index is 0.0249. The van der Waals surface area contributed by atoms with E-state index in [0.717, 1.165) is 31.0 Å². The Balaban J connectivity index is 1.34. The number of piperidine rings is 1. The maximum Gasteiger partial charge on any atom is 0.246 e. The van der Waals surface area contributed by atoms with Gasteiger partial charge in [0.05, 0.1) is 5.92 Å². The lowest BCUT2D eigenvalue weighted by Crippen LogP contribution is -2.53. The predicted octanol–water partition coefficient (Wildman–Crippen LogP) is 2.71. The van der Waals surface area contributed by atoms with Crippen LogP contribution in [0, 0.1) is 17.6 Å². The van der Waals surface area contributed by atoms with Gasteiger partial charge in [0.25, 0.3) is 0 Å². The van der Waals surface area contributed by atoms with Crippen LogP contribution in [-0.4, -0.2) is 67.7 Å². The lowest BCUT2D eigenvalue weighted by Gasteiger charge is -2.38. The summed E-state index contributed by atoms with van der Waals surface area (Å²) in [6.45, 7) is 2.90.